The average molecular weight is 249 g/mol. The van der Waals surface area contributed by atoms with Gasteiger partial charge in [0.25, 0.3) is 0 Å². The summed E-state index contributed by atoms with van der Waals surface area (Å²) in [4.78, 5) is 0. The molecule has 1 aromatic carbocycles. The van der Waals surface area contributed by atoms with E-state index in [0.717, 1.165) is 0 Å². The maximum atomic E-state index is 14.1. The van der Waals surface area contributed by atoms with Crippen LogP contribution in [0.2, 0.25) is 0 Å². The quantitative estimate of drug-likeness (QED) is 0.879. The Kier molecular flexibility index (Phi) is 3.23. The minimum absolute atomic E-state index is 0.0563. The van der Waals surface area contributed by atoms with Crippen LogP contribution in [0.3, 0.4) is 0 Å². The molecule has 4 nitrogen and oxygen atoms in total. The first-order valence-corrected chi connectivity index (χ1v) is 5.71. The number of nitrogen functional groups attached to an aromatic ring is 1. The van der Waals surface area contributed by atoms with Gasteiger partial charge in [-0.2, -0.15) is 5.10 Å². The number of hydrogen-bond acceptors (Lipinski definition) is 3. The zero-order valence-electron chi connectivity index (χ0n) is 10.6. The lowest BCUT2D eigenvalue weighted by Gasteiger charge is -2.14. The molecule has 0 aliphatic rings. The number of nitrogens with two attached hydrogens (primary N) is 1. The Labute approximate surface area is 105 Å². The third-order valence-electron chi connectivity index (χ3n) is 2.80. The number of H-pyrrole nitrogens is 1. The summed E-state index contributed by atoms with van der Waals surface area (Å²) in [6.07, 6.45) is 0. The van der Waals surface area contributed by atoms with Gasteiger partial charge in [0, 0.05) is 17.2 Å². The highest BCUT2D eigenvalue weighted by molar-refractivity contribution is 5.65. The van der Waals surface area contributed by atoms with Crippen molar-refractivity contribution in [3.05, 3.63) is 29.6 Å². The van der Waals surface area contributed by atoms with E-state index in [1.807, 2.05) is 13.8 Å². The number of aromatic amines is 1. The lowest BCUT2D eigenvalue weighted by molar-refractivity contribution is 0.402. The molecule has 96 valence electrons. The lowest BCUT2D eigenvalue weighted by atomic mass is 9.98. The molecule has 0 saturated carbocycles. The highest BCUT2D eigenvalue weighted by Crippen LogP contribution is 2.33. The molecule has 18 heavy (non-hydrogen) atoms. The molecule has 0 saturated heterocycles. The third-order valence-corrected chi connectivity index (χ3v) is 2.80. The molecule has 2 rings (SSSR count). The zero-order chi connectivity index (χ0) is 13.3. The normalized spacial score (nSPS) is 10.9. The molecular formula is C13H16FN3O. The van der Waals surface area contributed by atoms with Crippen molar-refractivity contribution >= 4 is 5.82 Å². The zero-order valence-corrected chi connectivity index (χ0v) is 10.6. The molecule has 3 N–H and O–H groups in total. The van der Waals surface area contributed by atoms with Crippen molar-refractivity contribution in [3.8, 4) is 17.0 Å². The van der Waals surface area contributed by atoms with Gasteiger partial charge >= 0.3 is 0 Å². The SMILES string of the molecule is COc1cc(-c2cc(N)n[nH]2)cc(F)c1C(C)C. The minimum atomic E-state index is -0.285. The van der Waals surface area contributed by atoms with Crippen LogP contribution in [0.5, 0.6) is 5.75 Å². The van der Waals surface area contributed by atoms with E-state index in [9.17, 15) is 4.39 Å². The van der Waals surface area contributed by atoms with Gasteiger partial charge in [-0.25, -0.2) is 4.39 Å². The van der Waals surface area contributed by atoms with Crippen molar-refractivity contribution < 1.29 is 9.13 Å². The van der Waals surface area contributed by atoms with Crippen molar-refractivity contribution in [2.45, 2.75) is 19.8 Å². The average Bonchev–Trinajstić information content (AvgIpc) is 2.74. The molecule has 0 amide bonds. The summed E-state index contributed by atoms with van der Waals surface area (Å²) >= 11 is 0. The fraction of sp³-hybridized carbons (Fsp3) is 0.308. The summed E-state index contributed by atoms with van der Waals surface area (Å²) in [5, 5.41) is 6.58. The summed E-state index contributed by atoms with van der Waals surface area (Å²) in [6.45, 7) is 3.85. The van der Waals surface area contributed by atoms with E-state index in [1.165, 1.54) is 13.2 Å². The summed E-state index contributed by atoms with van der Waals surface area (Å²) in [5.41, 5.74) is 7.44. The monoisotopic (exact) mass is 249 g/mol. The number of anilines is 1. The predicted octanol–water partition coefficient (Wildman–Crippen LogP) is 2.93. The summed E-state index contributed by atoms with van der Waals surface area (Å²) in [6, 6.07) is 4.90. The van der Waals surface area contributed by atoms with Gasteiger partial charge in [-0.05, 0) is 18.1 Å². The Morgan fingerprint density at radius 2 is 2.06 bits per heavy atom. The van der Waals surface area contributed by atoms with E-state index in [-0.39, 0.29) is 11.7 Å². The maximum Gasteiger partial charge on any atom is 0.145 e. The lowest BCUT2D eigenvalue weighted by Crippen LogP contribution is -1.99. The van der Waals surface area contributed by atoms with Gasteiger partial charge in [0.2, 0.25) is 0 Å². The molecule has 2 aromatic rings. The van der Waals surface area contributed by atoms with E-state index < -0.39 is 0 Å². The van der Waals surface area contributed by atoms with Gasteiger partial charge in [0.05, 0.1) is 12.8 Å². The van der Waals surface area contributed by atoms with Crippen LogP contribution in [0.4, 0.5) is 10.2 Å². The fourth-order valence-electron chi connectivity index (χ4n) is 1.96. The standard InChI is InChI=1S/C13H16FN3O/c1-7(2)13-9(14)4-8(5-11(13)18-3)10-6-12(15)17-16-10/h4-7H,1-3H3,(H3,15,16,17). The first-order chi connectivity index (χ1) is 8.52. The second-order valence-corrected chi connectivity index (χ2v) is 4.44. The van der Waals surface area contributed by atoms with E-state index in [1.54, 1.807) is 12.1 Å². The molecule has 0 bridgehead atoms. The first kappa shape index (κ1) is 12.4. The number of nitrogens with zero attached hydrogens (tertiary/aromatic N) is 1. The van der Waals surface area contributed by atoms with Gasteiger partial charge < -0.3 is 10.5 Å². The number of nitrogens with one attached hydrogen (secondary N) is 1. The van der Waals surface area contributed by atoms with Crippen molar-refractivity contribution in [3.63, 3.8) is 0 Å². The fourth-order valence-corrected chi connectivity index (χ4v) is 1.96. The number of benzene rings is 1. The van der Waals surface area contributed by atoms with Gasteiger partial charge in [0.1, 0.15) is 17.4 Å². The summed E-state index contributed by atoms with van der Waals surface area (Å²) in [7, 11) is 1.53. The second-order valence-electron chi connectivity index (χ2n) is 4.44. The van der Waals surface area contributed by atoms with Crippen LogP contribution in [-0.4, -0.2) is 17.3 Å². The number of rotatable bonds is 3. The minimum Gasteiger partial charge on any atom is -0.496 e. The van der Waals surface area contributed by atoms with E-state index >= 15 is 0 Å². The molecule has 0 aliphatic heterocycles. The molecule has 0 unspecified atom stereocenters. The van der Waals surface area contributed by atoms with Crippen LogP contribution in [0.15, 0.2) is 18.2 Å². The van der Waals surface area contributed by atoms with Crippen molar-refractivity contribution in [1.29, 1.82) is 0 Å². The number of methoxy groups -OCH3 is 1. The molecule has 0 aliphatic carbocycles. The highest BCUT2D eigenvalue weighted by atomic mass is 19.1. The summed E-state index contributed by atoms with van der Waals surface area (Å²) in [5.74, 6) is 0.679. The second kappa shape index (κ2) is 4.68. The maximum absolute atomic E-state index is 14.1. The van der Waals surface area contributed by atoms with Crippen LogP contribution in [0, 0.1) is 5.82 Å². The van der Waals surface area contributed by atoms with Crippen LogP contribution in [0.25, 0.3) is 11.3 Å². The molecule has 1 heterocycles. The van der Waals surface area contributed by atoms with Gasteiger partial charge in [-0.15, -0.1) is 0 Å². The van der Waals surface area contributed by atoms with E-state index in [4.69, 9.17) is 10.5 Å². The number of ether oxygens (including phenoxy) is 1. The van der Waals surface area contributed by atoms with Crippen molar-refractivity contribution in [1.82, 2.24) is 10.2 Å². The van der Waals surface area contributed by atoms with Crippen LogP contribution < -0.4 is 10.5 Å². The largest absolute Gasteiger partial charge is 0.496 e. The number of aromatic nitrogens is 2. The van der Waals surface area contributed by atoms with Crippen LogP contribution >= 0.6 is 0 Å². The Balaban J connectivity index is 2.55. The first-order valence-electron chi connectivity index (χ1n) is 5.71. The Hall–Kier alpha value is -2.04. The third kappa shape index (κ3) is 2.16. The smallest absolute Gasteiger partial charge is 0.145 e. The predicted molar refractivity (Wildman–Crippen MR) is 69.0 cm³/mol. The van der Waals surface area contributed by atoms with Gasteiger partial charge in [-0.1, -0.05) is 13.8 Å². The van der Waals surface area contributed by atoms with Gasteiger partial charge in [-0.3, -0.25) is 5.10 Å². The Morgan fingerprint density at radius 1 is 1.33 bits per heavy atom. The molecule has 0 atom stereocenters. The molecule has 5 heteroatoms. The van der Waals surface area contributed by atoms with Crippen molar-refractivity contribution in [2.75, 3.05) is 12.8 Å². The Morgan fingerprint density at radius 3 is 2.56 bits per heavy atom. The van der Waals surface area contributed by atoms with Gasteiger partial charge in [0.15, 0.2) is 0 Å². The number of hydrogen-bond donors (Lipinski definition) is 2. The Bertz CT molecular complexity index is 563. The number of halogens is 1. The molecule has 1 aromatic heterocycles. The molecular weight excluding hydrogens is 233 g/mol. The van der Waals surface area contributed by atoms with E-state index in [2.05, 4.69) is 10.2 Å². The molecule has 0 radical (unpaired) electrons. The molecule has 0 spiro atoms. The topological polar surface area (TPSA) is 63.9 Å². The van der Waals surface area contributed by atoms with Crippen molar-refractivity contribution in [2.24, 2.45) is 0 Å². The highest BCUT2D eigenvalue weighted by Gasteiger charge is 2.16. The van der Waals surface area contributed by atoms with Crippen LogP contribution in [0.1, 0.15) is 25.3 Å². The van der Waals surface area contributed by atoms with Crippen LogP contribution in [-0.2, 0) is 0 Å². The summed E-state index contributed by atoms with van der Waals surface area (Å²) < 4.78 is 19.3. The van der Waals surface area contributed by atoms with E-state index in [0.29, 0.717) is 28.4 Å². The molecule has 0 fully saturated rings.